The molecule has 2 heterocycles. The molecule has 0 saturated carbocycles. The van der Waals surface area contributed by atoms with E-state index in [1.165, 1.54) is 0 Å². The average Bonchev–Trinajstić information content (AvgIpc) is 3.29. The minimum atomic E-state index is -0.413. The van der Waals surface area contributed by atoms with Crippen LogP contribution in [0.5, 0.6) is 0 Å². The molecular weight excluding hydrogens is 352 g/mol. The molecule has 0 bridgehead atoms. The van der Waals surface area contributed by atoms with Gasteiger partial charge in [-0.2, -0.15) is 0 Å². The Bertz CT molecular complexity index is 858. The van der Waals surface area contributed by atoms with Crippen molar-refractivity contribution >= 4 is 35.0 Å². The van der Waals surface area contributed by atoms with Crippen LogP contribution in [0.15, 0.2) is 59.0 Å². The molecule has 0 unspecified atom stereocenters. The summed E-state index contributed by atoms with van der Waals surface area (Å²) in [4.78, 5) is 12.3. The zero-order valence-electron chi connectivity index (χ0n) is 14.2. The monoisotopic (exact) mass is 372 g/mol. The molecule has 1 saturated heterocycles. The molecular formula is C20H21ClN2O3. The standard InChI is InChI=1S/C20H20N2O3.ClH/c21-12-16-9-10-18(24-16)20(23)22-15-7-5-13(6-8-15)19-11-14-3-1-2-4-17(14)25-19;/h1-8,11,16,18H,9-10,12,21H2,(H,22,23);1H/t16-,18+;/m1./s1. The molecule has 1 fully saturated rings. The highest BCUT2D eigenvalue weighted by Crippen LogP contribution is 2.28. The summed E-state index contributed by atoms with van der Waals surface area (Å²) in [6.45, 7) is 0.454. The summed E-state index contributed by atoms with van der Waals surface area (Å²) in [5.41, 5.74) is 8.15. The van der Waals surface area contributed by atoms with Gasteiger partial charge in [-0.05, 0) is 49.2 Å². The zero-order valence-corrected chi connectivity index (χ0v) is 15.0. The molecule has 1 amide bonds. The third kappa shape index (κ3) is 3.75. The van der Waals surface area contributed by atoms with Gasteiger partial charge in [0, 0.05) is 23.2 Å². The van der Waals surface area contributed by atoms with Crippen LogP contribution < -0.4 is 11.1 Å². The number of furan rings is 1. The molecule has 26 heavy (non-hydrogen) atoms. The molecule has 3 aromatic rings. The Labute approximate surface area is 157 Å². The van der Waals surface area contributed by atoms with E-state index in [1.807, 2.05) is 54.6 Å². The van der Waals surface area contributed by atoms with E-state index in [-0.39, 0.29) is 24.4 Å². The zero-order chi connectivity index (χ0) is 17.2. The van der Waals surface area contributed by atoms with Crippen molar-refractivity contribution in [3.05, 3.63) is 54.6 Å². The number of hydrogen-bond acceptors (Lipinski definition) is 4. The Morgan fingerprint density at radius 3 is 2.58 bits per heavy atom. The first-order valence-corrected chi connectivity index (χ1v) is 8.48. The van der Waals surface area contributed by atoms with E-state index in [2.05, 4.69) is 5.32 Å². The summed E-state index contributed by atoms with van der Waals surface area (Å²) in [6.07, 6.45) is 1.12. The van der Waals surface area contributed by atoms with Crippen molar-refractivity contribution in [1.82, 2.24) is 0 Å². The number of carbonyl (C=O) groups excluding carboxylic acids is 1. The highest BCUT2D eigenvalue weighted by molar-refractivity contribution is 5.94. The number of rotatable bonds is 4. The van der Waals surface area contributed by atoms with Crippen molar-refractivity contribution in [3.8, 4) is 11.3 Å². The molecule has 0 spiro atoms. The Morgan fingerprint density at radius 1 is 1.12 bits per heavy atom. The lowest BCUT2D eigenvalue weighted by atomic mass is 10.1. The molecule has 5 nitrogen and oxygen atoms in total. The van der Waals surface area contributed by atoms with Gasteiger partial charge in [-0.25, -0.2) is 0 Å². The molecule has 2 aromatic carbocycles. The van der Waals surface area contributed by atoms with Crippen molar-refractivity contribution in [2.45, 2.75) is 25.0 Å². The number of hydrogen-bond donors (Lipinski definition) is 2. The maximum absolute atomic E-state index is 12.3. The second-order valence-electron chi connectivity index (χ2n) is 6.27. The van der Waals surface area contributed by atoms with Crippen molar-refractivity contribution in [2.24, 2.45) is 5.73 Å². The summed E-state index contributed by atoms with van der Waals surface area (Å²) in [5.74, 6) is 0.691. The fraction of sp³-hybridized carbons (Fsp3) is 0.250. The lowest BCUT2D eigenvalue weighted by molar-refractivity contribution is -0.126. The van der Waals surface area contributed by atoms with Gasteiger partial charge in [-0.15, -0.1) is 12.4 Å². The third-order valence-corrected chi connectivity index (χ3v) is 4.53. The molecule has 0 aliphatic carbocycles. The lowest BCUT2D eigenvalue weighted by Crippen LogP contribution is -2.29. The Hall–Kier alpha value is -2.34. The summed E-state index contributed by atoms with van der Waals surface area (Å²) in [6, 6.07) is 17.5. The predicted molar refractivity (Wildman–Crippen MR) is 104 cm³/mol. The van der Waals surface area contributed by atoms with Crippen LogP contribution in [0.1, 0.15) is 12.8 Å². The summed E-state index contributed by atoms with van der Waals surface area (Å²) in [5, 5.41) is 3.97. The van der Waals surface area contributed by atoms with Crippen LogP contribution in [-0.4, -0.2) is 24.7 Å². The van der Waals surface area contributed by atoms with Gasteiger partial charge in [0.25, 0.3) is 5.91 Å². The van der Waals surface area contributed by atoms with E-state index in [9.17, 15) is 4.79 Å². The average molecular weight is 373 g/mol. The molecule has 1 aliphatic heterocycles. The van der Waals surface area contributed by atoms with Crippen LogP contribution in [0.25, 0.3) is 22.3 Å². The van der Waals surface area contributed by atoms with Crippen LogP contribution in [-0.2, 0) is 9.53 Å². The number of ether oxygens (including phenoxy) is 1. The van der Waals surface area contributed by atoms with E-state index in [1.54, 1.807) is 0 Å². The van der Waals surface area contributed by atoms with Gasteiger partial charge in [0.15, 0.2) is 0 Å². The van der Waals surface area contributed by atoms with Crippen LogP contribution >= 0.6 is 12.4 Å². The molecule has 1 aromatic heterocycles. The van der Waals surface area contributed by atoms with Crippen molar-refractivity contribution in [1.29, 1.82) is 0 Å². The maximum Gasteiger partial charge on any atom is 0.253 e. The number of anilines is 1. The van der Waals surface area contributed by atoms with Crippen molar-refractivity contribution < 1.29 is 13.9 Å². The summed E-state index contributed by atoms with van der Waals surface area (Å²) in [7, 11) is 0. The fourth-order valence-electron chi connectivity index (χ4n) is 3.14. The van der Waals surface area contributed by atoms with Crippen LogP contribution in [0, 0.1) is 0 Å². The number of nitrogens with one attached hydrogen (secondary N) is 1. The van der Waals surface area contributed by atoms with E-state index in [0.717, 1.165) is 34.4 Å². The van der Waals surface area contributed by atoms with Gasteiger partial charge in [0.2, 0.25) is 0 Å². The topological polar surface area (TPSA) is 77.5 Å². The molecule has 2 atom stereocenters. The Kier molecular flexibility index (Phi) is 5.61. The first-order valence-electron chi connectivity index (χ1n) is 8.48. The van der Waals surface area contributed by atoms with Gasteiger partial charge in [0.1, 0.15) is 17.4 Å². The number of carbonyl (C=O) groups is 1. The maximum atomic E-state index is 12.3. The summed E-state index contributed by atoms with van der Waals surface area (Å²) < 4.78 is 11.5. The number of fused-ring (bicyclic) bond motifs is 1. The van der Waals surface area contributed by atoms with Gasteiger partial charge >= 0.3 is 0 Å². The fourth-order valence-corrected chi connectivity index (χ4v) is 3.14. The normalized spacial score (nSPS) is 19.3. The van der Waals surface area contributed by atoms with E-state index < -0.39 is 6.10 Å². The second-order valence-corrected chi connectivity index (χ2v) is 6.27. The third-order valence-electron chi connectivity index (χ3n) is 4.53. The minimum Gasteiger partial charge on any atom is -0.456 e. The van der Waals surface area contributed by atoms with Gasteiger partial charge in [-0.3, -0.25) is 4.79 Å². The number of para-hydroxylation sites is 1. The highest BCUT2D eigenvalue weighted by Gasteiger charge is 2.29. The molecule has 136 valence electrons. The van der Waals surface area contributed by atoms with E-state index >= 15 is 0 Å². The molecule has 1 aliphatic rings. The van der Waals surface area contributed by atoms with Crippen molar-refractivity contribution in [3.63, 3.8) is 0 Å². The quantitative estimate of drug-likeness (QED) is 0.726. The smallest absolute Gasteiger partial charge is 0.253 e. The molecule has 6 heteroatoms. The number of benzene rings is 2. The van der Waals surface area contributed by atoms with Gasteiger partial charge < -0.3 is 20.2 Å². The van der Waals surface area contributed by atoms with E-state index in [4.69, 9.17) is 14.9 Å². The first-order chi connectivity index (χ1) is 12.2. The van der Waals surface area contributed by atoms with E-state index in [0.29, 0.717) is 13.0 Å². The van der Waals surface area contributed by atoms with Crippen LogP contribution in [0.2, 0.25) is 0 Å². The molecule has 0 radical (unpaired) electrons. The number of nitrogens with two attached hydrogens (primary N) is 1. The van der Waals surface area contributed by atoms with Crippen LogP contribution in [0.3, 0.4) is 0 Å². The molecule has 3 N–H and O–H groups in total. The van der Waals surface area contributed by atoms with Gasteiger partial charge in [0.05, 0.1) is 6.10 Å². The second kappa shape index (κ2) is 7.91. The number of amides is 1. The Balaban J connectivity index is 0.00000196. The number of halogens is 1. The predicted octanol–water partition coefficient (Wildman–Crippen LogP) is 3.97. The largest absolute Gasteiger partial charge is 0.456 e. The van der Waals surface area contributed by atoms with Crippen molar-refractivity contribution in [2.75, 3.05) is 11.9 Å². The minimum absolute atomic E-state index is 0. The first kappa shape index (κ1) is 18.5. The SMILES string of the molecule is Cl.NC[C@H]1CC[C@@H](C(=O)Nc2ccc(-c3cc4ccccc4o3)cc2)O1. The van der Waals surface area contributed by atoms with Crippen LogP contribution in [0.4, 0.5) is 5.69 Å². The molecule has 4 rings (SSSR count). The Morgan fingerprint density at radius 2 is 1.88 bits per heavy atom. The highest BCUT2D eigenvalue weighted by atomic mass is 35.5. The lowest BCUT2D eigenvalue weighted by Gasteiger charge is -2.12. The van der Waals surface area contributed by atoms with Gasteiger partial charge in [-0.1, -0.05) is 18.2 Å². The summed E-state index contributed by atoms with van der Waals surface area (Å²) >= 11 is 0.